The molecule has 3 fully saturated rings. The lowest BCUT2D eigenvalue weighted by Crippen LogP contribution is -2.59. The van der Waals surface area contributed by atoms with Gasteiger partial charge in [-0.2, -0.15) is 0 Å². The number of carbonyl (C=O) groups is 4. The summed E-state index contributed by atoms with van der Waals surface area (Å²) >= 11 is 1.46. The molecule has 2 N–H and O–H groups in total. The molecule has 2 heterocycles. The summed E-state index contributed by atoms with van der Waals surface area (Å²) in [4.78, 5) is 49.2. The third-order valence-electron chi connectivity index (χ3n) is 3.78. The van der Waals surface area contributed by atoms with Gasteiger partial charge in [0.25, 0.3) is 0 Å². The van der Waals surface area contributed by atoms with Crippen LogP contribution in [-0.2, 0) is 14.4 Å². The van der Waals surface area contributed by atoms with Gasteiger partial charge in [0, 0.05) is 5.75 Å². The fourth-order valence-corrected chi connectivity index (χ4v) is 4.27. The van der Waals surface area contributed by atoms with Crippen LogP contribution in [-0.4, -0.2) is 69.0 Å². The third-order valence-corrected chi connectivity index (χ3v) is 5.25. The van der Waals surface area contributed by atoms with Crippen molar-refractivity contribution in [2.24, 2.45) is 5.92 Å². The van der Waals surface area contributed by atoms with Crippen LogP contribution in [0.3, 0.4) is 0 Å². The molecular formula is C12H15N3O5S. The van der Waals surface area contributed by atoms with Gasteiger partial charge in [-0.3, -0.25) is 19.8 Å². The van der Waals surface area contributed by atoms with Gasteiger partial charge >= 0.3 is 12.0 Å². The monoisotopic (exact) mass is 313 g/mol. The van der Waals surface area contributed by atoms with Gasteiger partial charge in [0.15, 0.2) is 0 Å². The Labute approximate surface area is 124 Å². The Bertz CT molecular complexity index is 505. The minimum Gasteiger partial charge on any atom is -0.480 e. The van der Waals surface area contributed by atoms with Crippen molar-refractivity contribution in [2.75, 3.05) is 18.8 Å². The summed E-state index contributed by atoms with van der Waals surface area (Å²) in [5.74, 6) is -1.47. The van der Waals surface area contributed by atoms with Crippen molar-refractivity contribution >= 4 is 35.6 Å². The zero-order valence-corrected chi connectivity index (χ0v) is 12.0. The highest BCUT2D eigenvalue weighted by Gasteiger charge is 2.49. The highest BCUT2D eigenvalue weighted by Crippen LogP contribution is 2.45. The van der Waals surface area contributed by atoms with Crippen LogP contribution in [0.15, 0.2) is 0 Å². The van der Waals surface area contributed by atoms with Gasteiger partial charge in [-0.05, 0) is 18.8 Å². The number of carboxylic acids is 1. The van der Waals surface area contributed by atoms with Crippen LogP contribution >= 0.6 is 11.8 Å². The van der Waals surface area contributed by atoms with Crippen molar-refractivity contribution in [3.63, 3.8) is 0 Å². The number of rotatable bonds is 2. The molecule has 4 amide bonds. The number of hydrogen-bond donors (Lipinski definition) is 2. The summed E-state index contributed by atoms with van der Waals surface area (Å²) < 4.78 is 0. The average Bonchev–Trinajstić information content (AvgIpc) is 3.15. The van der Waals surface area contributed by atoms with Gasteiger partial charge in [-0.1, -0.05) is 0 Å². The molecule has 1 aliphatic carbocycles. The van der Waals surface area contributed by atoms with Gasteiger partial charge in [0.1, 0.15) is 19.1 Å². The summed E-state index contributed by atoms with van der Waals surface area (Å²) in [6.45, 7) is -0.426. The lowest BCUT2D eigenvalue weighted by atomic mass is 10.2. The summed E-state index contributed by atoms with van der Waals surface area (Å²) in [6.07, 6.45) is 1.96. The fourth-order valence-electron chi connectivity index (χ4n) is 2.64. The van der Waals surface area contributed by atoms with Crippen LogP contribution in [0.25, 0.3) is 0 Å². The molecular weight excluding hydrogens is 298 g/mol. The Morgan fingerprint density at radius 1 is 1.19 bits per heavy atom. The molecule has 0 bridgehead atoms. The maximum Gasteiger partial charge on any atom is 0.327 e. The van der Waals surface area contributed by atoms with Crippen LogP contribution in [0.1, 0.15) is 12.8 Å². The van der Waals surface area contributed by atoms with E-state index in [0.717, 1.165) is 17.7 Å². The van der Waals surface area contributed by atoms with E-state index in [1.165, 1.54) is 16.7 Å². The second-order valence-corrected chi connectivity index (χ2v) is 6.58. The van der Waals surface area contributed by atoms with Crippen LogP contribution in [0, 0.1) is 5.92 Å². The molecule has 3 aliphatic rings. The summed E-state index contributed by atoms with van der Waals surface area (Å²) in [5.41, 5.74) is 0. The zero-order valence-electron chi connectivity index (χ0n) is 11.2. The third kappa shape index (κ3) is 2.69. The number of nitrogens with one attached hydrogen (secondary N) is 1. The van der Waals surface area contributed by atoms with Gasteiger partial charge in [0.2, 0.25) is 11.8 Å². The van der Waals surface area contributed by atoms with Crippen LogP contribution in [0.4, 0.5) is 4.79 Å². The molecule has 2 atom stereocenters. The Balaban J connectivity index is 1.80. The number of hydrogen-bond acceptors (Lipinski definition) is 5. The van der Waals surface area contributed by atoms with Crippen LogP contribution in [0.5, 0.6) is 0 Å². The number of carbonyl (C=O) groups excluding carboxylic acids is 3. The first-order valence-electron chi connectivity index (χ1n) is 6.71. The molecule has 2 aliphatic heterocycles. The van der Waals surface area contributed by atoms with Gasteiger partial charge in [-0.15, -0.1) is 11.8 Å². The van der Waals surface area contributed by atoms with Gasteiger partial charge in [-0.25, -0.2) is 9.59 Å². The zero-order chi connectivity index (χ0) is 15.1. The smallest absolute Gasteiger partial charge is 0.327 e. The van der Waals surface area contributed by atoms with Crippen molar-refractivity contribution in [1.29, 1.82) is 0 Å². The highest BCUT2D eigenvalue weighted by molar-refractivity contribution is 8.00. The maximum absolute atomic E-state index is 12.6. The molecule has 2 saturated heterocycles. The van der Waals surface area contributed by atoms with Crippen LogP contribution in [0.2, 0.25) is 0 Å². The van der Waals surface area contributed by atoms with E-state index in [1.807, 2.05) is 0 Å². The van der Waals surface area contributed by atoms with Gasteiger partial charge < -0.3 is 10.0 Å². The number of nitrogens with zero attached hydrogens (tertiary/aromatic N) is 2. The van der Waals surface area contributed by atoms with Crippen molar-refractivity contribution in [2.45, 2.75) is 24.3 Å². The predicted octanol–water partition coefficient (Wildman–Crippen LogP) is -0.697. The van der Waals surface area contributed by atoms with Crippen molar-refractivity contribution in [3.05, 3.63) is 0 Å². The molecule has 8 nitrogen and oxygen atoms in total. The fraction of sp³-hybridized carbons (Fsp3) is 0.667. The number of amides is 4. The van der Waals surface area contributed by atoms with E-state index < -0.39 is 29.9 Å². The number of imide groups is 1. The normalized spacial score (nSPS) is 29.5. The first-order valence-corrected chi connectivity index (χ1v) is 7.76. The largest absolute Gasteiger partial charge is 0.480 e. The van der Waals surface area contributed by atoms with E-state index in [2.05, 4.69) is 5.32 Å². The van der Waals surface area contributed by atoms with Crippen molar-refractivity contribution in [3.8, 4) is 0 Å². The minimum absolute atomic E-state index is 0.168. The first kappa shape index (κ1) is 14.2. The number of carboxylic acid groups (broad SMARTS) is 1. The lowest BCUT2D eigenvalue weighted by molar-refractivity contribution is -0.141. The SMILES string of the molecule is O=C1CN(C(=O)N2C(C(=O)O)CSC2C2CC2)CC(=O)N1. The van der Waals surface area contributed by atoms with E-state index in [0.29, 0.717) is 11.7 Å². The second kappa shape index (κ2) is 5.21. The number of urea groups is 1. The summed E-state index contributed by atoms with van der Waals surface area (Å²) in [5, 5.41) is 11.2. The highest BCUT2D eigenvalue weighted by atomic mass is 32.2. The maximum atomic E-state index is 12.6. The molecule has 21 heavy (non-hydrogen) atoms. The van der Waals surface area contributed by atoms with Crippen molar-refractivity contribution in [1.82, 2.24) is 15.1 Å². The van der Waals surface area contributed by atoms with Crippen LogP contribution < -0.4 is 5.32 Å². The molecule has 0 aromatic heterocycles. The quantitative estimate of drug-likeness (QED) is 0.653. The van der Waals surface area contributed by atoms with E-state index in [9.17, 15) is 24.3 Å². The lowest BCUT2D eigenvalue weighted by Gasteiger charge is -2.34. The summed E-state index contributed by atoms with van der Waals surface area (Å²) in [6, 6.07) is -1.43. The molecule has 0 radical (unpaired) electrons. The van der Waals surface area contributed by atoms with E-state index in [1.54, 1.807) is 0 Å². The van der Waals surface area contributed by atoms with Crippen molar-refractivity contribution < 1.29 is 24.3 Å². The molecule has 0 aromatic rings. The molecule has 2 unspecified atom stereocenters. The Hall–Kier alpha value is -1.77. The number of piperazine rings is 1. The standard InChI is InChI=1S/C12H15N3O5S/c16-8-3-14(4-9(17)13-8)12(20)15-7(11(18)19)5-21-10(15)6-1-2-6/h6-7,10H,1-5H2,(H,18,19)(H,13,16,17). The molecule has 0 aromatic carbocycles. The molecule has 9 heteroatoms. The number of aliphatic carboxylic acids is 1. The molecule has 1 saturated carbocycles. The van der Waals surface area contributed by atoms with E-state index in [4.69, 9.17) is 0 Å². The van der Waals surface area contributed by atoms with E-state index >= 15 is 0 Å². The number of thioether (sulfide) groups is 1. The Kier molecular flexibility index (Phi) is 3.52. The Morgan fingerprint density at radius 2 is 1.81 bits per heavy atom. The predicted molar refractivity (Wildman–Crippen MR) is 72.4 cm³/mol. The molecule has 3 rings (SSSR count). The molecule has 0 spiro atoms. The first-order chi connectivity index (χ1) is 9.97. The topological polar surface area (TPSA) is 107 Å². The minimum atomic E-state index is -1.05. The second-order valence-electron chi connectivity index (χ2n) is 5.43. The Morgan fingerprint density at radius 3 is 2.33 bits per heavy atom. The summed E-state index contributed by atoms with van der Waals surface area (Å²) in [7, 11) is 0. The molecule has 114 valence electrons. The van der Waals surface area contributed by atoms with Gasteiger partial charge in [0.05, 0.1) is 5.37 Å². The average molecular weight is 313 g/mol. The van der Waals surface area contributed by atoms with E-state index in [-0.39, 0.29) is 18.5 Å².